The summed E-state index contributed by atoms with van der Waals surface area (Å²) >= 11 is 0. The number of carbonyl (C=O) groups is 2. The van der Waals surface area contributed by atoms with Crippen LogP contribution < -0.4 is 54.2 Å². The zero-order valence-corrected chi connectivity index (χ0v) is 39.2. The molecule has 2 aliphatic heterocycles. The van der Waals surface area contributed by atoms with Crippen LogP contribution in [0.3, 0.4) is 0 Å². The Bertz CT molecular complexity index is 2400. The predicted octanol–water partition coefficient (Wildman–Crippen LogP) is 7.25. The van der Waals surface area contributed by atoms with Gasteiger partial charge in [-0.3, -0.25) is 9.59 Å². The summed E-state index contributed by atoms with van der Waals surface area (Å²) in [5.74, 6) is 4.35. The maximum Gasteiger partial charge on any atom is 0.308 e. The van der Waals surface area contributed by atoms with Gasteiger partial charge >= 0.3 is 5.97 Å². The number of benzene rings is 3. The monoisotopic (exact) mass is 907 g/mol. The van der Waals surface area contributed by atoms with Crippen molar-refractivity contribution in [2.24, 2.45) is 11.8 Å². The summed E-state index contributed by atoms with van der Waals surface area (Å²) in [5, 5.41) is 18.9. The highest BCUT2D eigenvalue weighted by molar-refractivity contribution is 5.79. The van der Waals surface area contributed by atoms with Gasteiger partial charge in [0.05, 0.1) is 54.5 Å². The van der Waals surface area contributed by atoms with Crippen LogP contribution in [0.15, 0.2) is 60.9 Å². The number of anilines is 6. The van der Waals surface area contributed by atoms with Gasteiger partial charge in [0.25, 0.3) is 0 Å². The van der Waals surface area contributed by atoms with E-state index in [4.69, 9.17) is 33.4 Å². The van der Waals surface area contributed by atoms with E-state index in [2.05, 4.69) is 67.0 Å². The summed E-state index contributed by atoms with van der Waals surface area (Å²) in [7, 11) is 9.37. The number of hydrogen-bond acceptors (Lipinski definition) is 16. The molecule has 2 aromatic heterocycles. The first kappa shape index (κ1) is 48.2. The number of methoxy groups -OCH3 is 6. The lowest BCUT2D eigenvalue weighted by Gasteiger charge is -2.33. The number of nitrogens with zero attached hydrogens (tertiary/aromatic N) is 6. The molecule has 0 spiro atoms. The van der Waals surface area contributed by atoms with E-state index in [1.807, 2.05) is 18.7 Å². The van der Waals surface area contributed by atoms with E-state index in [-0.39, 0.29) is 17.7 Å². The van der Waals surface area contributed by atoms with Crippen LogP contribution in [0.4, 0.5) is 34.9 Å². The van der Waals surface area contributed by atoms with Gasteiger partial charge < -0.3 is 59.3 Å². The molecule has 4 N–H and O–H groups in total. The first-order valence-electron chi connectivity index (χ1n) is 21.8. The van der Waals surface area contributed by atoms with Crippen molar-refractivity contribution < 1.29 is 43.1 Å². The van der Waals surface area contributed by atoms with Gasteiger partial charge in [0.1, 0.15) is 11.6 Å². The number of aliphatic carboxylic acids is 1. The number of amides is 1. The smallest absolute Gasteiger partial charge is 0.308 e. The van der Waals surface area contributed by atoms with Crippen molar-refractivity contribution in [3.05, 3.63) is 83.2 Å². The van der Waals surface area contributed by atoms with Crippen LogP contribution in [0, 0.1) is 32.6 Å². The molecule has 1 unspecified atom stereocenters. The molecule has 2 atom stereocenters. The van der Waals surface area contributed by atoms with Gasteiger partial charge in [0, 0.05) is 91.9 Å². The fourth-order valence-electron chi connectivity index (χ4n) is 7.99. The summed E-state index contributed by atoms with van der Waals surface area (Å²) in [4.78, 5) is 46.8. The highest BCUT2D eigenvalue weighted by Crippen LogP contribution is 2.42. The number of piperidine rings is 2. The largest absolute Gasteiger partial charge is 0.493 e. The third-order valence-electron chi connectivity index (χ3n) is 11.5. The molecule has 5 aromatic rings. The predicted molar refractivity (Wildman–Crippen MR) is 253 cm³/mol. The van der Waals surface area contributed by atoms with E-state index < -0.39 is 5.97 Å². The second-order valence-corrected chi connectivity index (χ2v) is 16.1. The minimum absolute atomic E-state index is 0.0766. The summed E-state index contributed by atoms with van der Waals surface area (Å²) < 4.78 is 32.4. The van der Waals surface area contributed by atoms with Gasteiger partial charge in [-0.15, -0.1) is 0 Å². The molecule has 0 radical (unpaired) electrons. The summed E-state index contributed by atoms with van der Waals surface area (Å²) in [6.07, 6.45) is 6.80. The molecule has 4 heterocycles. The SMILES string of the molecule is COc1cc(Nc2ncc(C)c(N3CCCC(C(=O)O)C3)n2)cc(OC)c1OC.COc1cc(Nc2ncc(C)c(N3CCC[C@H](C(=O)NCc4ccc(C)cc4)C3)n2)cc(OC)c1OC. The summed E-state index contributed by atoms with van der Waals surface area (Å²) in [5.41, 5.74) is 5.54. The topological polar surface area (TPSA) is 204 Å². The number of carboxylic acids is 1. The highest BCUT2D eigenvalue weighted by Gasteiger charge is 2.29. The molecule has 18 heteroatoms. The van der Waals surface area contributed by atoms with Crippen LogP contribution in [0.25, 0.3) is 0 Å². The molecule has 18 nitrogen and oxygen atoms in total. The first-order chi connectivity index (χ1) is 31.9. The van der Waals surface area contributed by atoms with Crippen molar-refractivity contribution in [2.45, 2.75) is 53.0 Å². The van der Waals surface area contributed by atoms with Gasteiger partial charge in [-0.05, 0) is 52.0 Å². The second kappa shape index (κ2) is 22.6. The van der Waals surface area contributed by atoms with Crippen LogP contribution in [0.1, 0.15) is 47.9 Å². The van der Waals surface area contributed by atoms with Crippen molar-refractivity contribution in [2.75, 3.05) is 89.3 Å². The summed E-state index contributed by atoms with van der Waals surface area (Å²) in [6, 6.07) is 15.4. The number of ether oxygens (including phenoxy) is 6. The van der Waals surface area contributed by atoms with Gasteiger partial charge in [-0.2, -0.15) is 9.97 Å². The quantitative estimate of drug-likeness (QED) is 0.0770. The van der Waals surface area contributed by atoms with Crippen molar-refractivity contribution in [3.63, 3.8) is 0 Å². The normalized spacial score (nSPS) is 15.7. The lowest BCUT2D eigenvalue weighted by atomic mass is 9.96. The zero-order valence-electron chi connectivity index (χ0n) is 39.2. The lowest BCUT2D eigenvalue weighted by molar-refractivity contribution is -0.142. The number of rotatable bonds is 16. The number of carbonyl (C=O) groups excluding carboxylic acids is 1. The zero-order chi connectivity index (χ0) is 47.3. The van der Waals surface area contributed by atoms with Gasteiger partial charge in [0.15, 0.2) is 23.0 Å². The number of carboxylic acid groups (broad SMARTS) is 1. The minimum atomic E-state index is -0.766. The maximum atomic E-state index is 13.0. The Morgan fingerprint density at radius 1 is 0.636 bits per heavy atom. The molecule has 352 valence electrons. The Balaban J connectivity index is 0.000000225. The highest BCUT2D eigenvalue weighted by atomic mass is 16.5. The molecule has 66 heavy (non-hydrogen) atoms. The lowest BCUT2D eigenvalue weighted by Crippen LogP contribution is -2.43. The van der Waals surface area contributed by atoms with E-state index in [9.17, 15) is 14.7 Å². The van der Waals surface area contributed by atoms with Crippen LogP contribution in [0.2, 0.25) is 0 Å². The fraction of sp³-hybridized carbons (Fsp3) is 0.417. The average Bonchev–Trinajstić information content (AvgIpc) is 3.34. The molecule has 0 saturated carbocycles. The van der Waals surface area contributed by atoms with Gasteiger partial charge in [-0.1, -0.05) is 29.8 Å². The van der Waals surface area contributed by atoms with E-state index in [0.29, 0.717) is 83.8 Å². The number of nitrogens with one attached hydrogen (secondary N) is 3. The van der Waals surface area contributed by atoms with Crippen molar-refractivity contribution in [1.82, 2.24) is 25.3 Å². The van der Waals surface area contributed by atoms with E-state index in [1.54, 1.807) is 79.3 Å². The van der Waals surface area contributed by atoms with Crippen molar-refractivity contribution in [3.8, 4) is 34.5 Å². The van der Waals surface area contributed by atoms with Crippen molar-refractivity contribution >= 4 is 46.8 Å². The Hall–Kier alpha value is -7.24. The molecule has 1 amide bonds. The van der Waals surface area contributed by atoms with E-state index in [0.717, 1.165) is 60.7 Å². The molecule has 2 fully saturated rings. The van der Waals surface area contributed by atoms with Crippen molar-refractivity contribution in [1.29, 1.82) is 0 Å². The maximum absolute atomic E-state index is 13.0. The molecular weight excluding hydrogens is 847 g/mol. The Kier molecular flexibility index (Phi) is 16.5. The molecular formula is C48H61N9O9. The summed E-state index contributed by atoms with van der Waals surface area (Å²) in [6.45, 7) is 9.15. The van der Waals surface area contributed by atoms with Gasteiger partial charge in [-0.25, -0.2) is 9.97 Å². The third-order valence-corrected chi connectivity index (χ3v) is 11.5. The average molecular weight is 908 g/mol. The van der Waals surface area contributed by atoms with E-state index in [1.165, 1.54) is 5.56 Å². The molecule has 2 aliphatic rings. The van der Waals surface area contributed by atoms with E-state index >= 15 is 0 Å². The van der Waals surface area contributed by atoms with Gasteiger partial charge in [0.2, 0.25) is 29.3 Å². The van der Waals surface area contributed by atoms with Crippen LogP contribution in [-0.4, -0.2) is 106 Å². The number of aromatic nitrogens is 4. The van der Waals surface area contributed by atoms with Crippen LogP contribution in [0.5, 0.6) is 34.5 Å². The Morgan fingerprint density at radius 3 is 1.47 bits per heavy atom. The standard InChI is InChI=1S/C28H35N5O4.C20H26N4O5/c1-18-8-10-20(11-9-18)16-29-27(34)21-7-6-12-33(17-21)26-19(2)15-30-28(32-26)31-22-13-23(35-3)25(37-5)24(14-22)36-4;1-12-10-21-20(23-18(12)24-7-5-6-13(11-24)19(25)26)22-14-8-15(27-2)17(29-4)16(9-14)28-3/h8-11,13-15,21H,6-7,12,16-17H2,1-5H3,(H,29,34)(H,30,31,32);8-10,13H,5-7,11H2,1-4H3,(H,25,26)(H,21,22,23)/t21-;/m0./s1. The molecule has 0 aliphatic carbocycles. The Morgan fingerprint density at radius 2 is 1.06 bits per heavy atom. The first-order valence-corrected chi connectivity index (χ1v) is 21.8. The Labute approximate surface area is 386 Å². The minimum Gasteiger partial charge on any atom is -0.493 e. The van der Waals surface area contributed by atoms with Crippen LogP contribution >= 0.6 is 0 Å². The molecule has 2 saturated heterocycles. The number of aryl methyl sites for hydroxylation is 3. The van der Waals surface area contributed by atoms with Crippen LogP contribution in [-0.2, 0) is 16.1 Å². The molecule has 3 aromatic carbocycles. The third kappa shape index (κ3) is 11.9. The second-order valence-electron chi connectivity index (χ2n) is 16.1. The number of hydrogen-bond donors (Lipinski definition) is 4. The molecule has 0 bridgehead atoms. The molecule has 7 rings (SSSR count). The fourth-order valence-corrected chi connectivity index (χ4v) is 7.99.